The van der Waals surface area contributed by atoms with E-state index in [1.54, 1.807) is 4.68 Å². The molecule has 0 radical (unpaired) electrons. The van der Waals surface area contributed by atoms with E-state index in [0.29, 0.717) is 6.54 Å². The molecule has 0 unspecified atom stereocenters. The van der Waals surface area contributed by atoms with Crippen molar-refractivity contribution in [2.45, 2.75) is 20.4 Å². The zero-order chi connectivity index (χ0) is 13.2. The maximum Gasteiger partial charge on any atom is 0.178 e. The quantitative estimate of drug-likeness (QED) is 0.711. The van der Waals surface area contributed by atoms with Crippen molar-refractivity contribution in [2.24, 2.45) is 0 Å². The summed E-state index contributed by atoms with van der Waals surface area (Å²) in [6.07, 6.45) is 0. The lowest BCUT2D eigenvalue weighted by Gasteiger charge is -2.05. The molecular formula is C13H14N6. The average molecular weight is 254 g/mol. The lowest BCUT2D eigenvalue weighted by Crippen LogP contribution is -2.10. The number of hydrogen-bond donors (Lipinski definition) is 0. The van der Waals surface area contributed by atoms with E-state index in [0.717, 1.165) is 22.9 Å². The summed E-state index contributed by atoms with van der Waals surface area (Å²) in [5, 5.41) is 16.3. The van der Waals surface area contributed by atoms with E-state index in [1.807, 2.05) is 54.9 Å². The first-order valence-electron chi connectivity index (χ1n) is 6.08. The summed E-state index contributed by atoms with van der Waals surface area (Å²) in [6, 6.07) is 11.9. The first-order chi connectivity index (χ1) is 9.24. The molecule has 0 atom stereocenters. The van der Waals surface area contributed by atoms with Crippen molar-refractivity contribution < 1.29 is 0 Å². The van der Waals surface area contributed by atoms with Crippen LogP contribution >= 0.6 is 0 Å². The van der Waals surface area contributed by atoms with Gasteiger partial charge in [-0.15, -0.1) is 5.10 Å². The third kappa shape index (κ3) is 2.24. The molecule has 6 nitrogen and oxygen atoms in total. The molecule has 2 aromatic heterocycles. The van der Waals surface area contributed by atoms with E-state index in [1.165, 1.54) is 0 Å². The normalized spacial score (nSPS) is 10.8. The number of nitrogens with zero attached hydrogens (tertiary/aromatic N) is 6. The molecule has 0 saturated heterocycles. The number of para-hydroxylation sites is 1. The minimum absolute atomic E-state index is 0.557. The number of aromatic nitrogens is 6. The summed E-state index contributed by atoms with van der Waals surface area (Å²) < 4.78 is 3.64. The van der Waals surface area contributed by atoms with Crippen LogP contribution in [0.5, 0.6) is 0 Å². The summed E-state index contributed by atoms with van der Waals surface area (Å²) in [6.45, 7) is 4.56. The maximum absolute atomic E-state index is 4.43. The van der Waals surface area contributed by atoms with Gasteiger partial charge in [-0.1, -0.05) is 18.2 Å². The maximum atomic E-state index is 4.43. The van der Waals surface area contributed by atoms with E-state index in [-0.39, 0.29) is 0 Å². The lowest BCUT2D eigenvalue weighted by atomic mass is 10.3. The zero-order valence-electron chi connectivity index (χ0n) is 10.9. The van der Waals surface area contributed by atoms with Gasteiger partial charge in [-0.3, -0.25) is 4.68 Å². The highest BCUT2D eigenvalue weighted by atomic mass is 15.5. The largest absolute Gasteiger partial charge is 0.262 e. The van der Waals surface area contributed by atoms with Crippen LogP contribution in [0.15, 0.2) is 36.4 Å². The van der Waals surface area contributed by atoms with Crippen LogP contribution in [0.4, 0.5) is 0 Å². The minimum Gasteiger partial charge on any atom is -0.262 e. The Morgan fingerprint density at radius 3 is 2.58 bits per heavy atom. The molecule has 0 amide bonds. The van der Waals surface area contributed by atoms with Crippen LogP contribution in [-0.4, -0.2) is 30.0 Å². The molecule has 0 bridgehead atoms. The third-order valence-electron chi connectivity index (χ3n) is 2.93. The highest BCUT2D eigenvalue weighted by molar-refractivity contribution is 5.30. The number of aryl methyl sites for hydroxylation is 2. The van der Waals surface area contributed by atoms with Gasteiger partial charge >= 0.3 is 0 Å². The average Bonchev–Trinajstić information content (AvgIpc) is 2.98. The molecule has 0 spiro atoms. The van der Waals surface area contributed by atoms with Crippen molar-refractivity contribution in [3.63, 3.8) is 0 Å². The van der Waals surface area contributed by atoms with Crippen molar-refractivity contribution in [1.82, 2.24) is 30.0 Å². The SMILES string of the molecule is Cc1cc(C)n(Cc2nnnn2-c2ccccc2)n1. The monoisotopic (exact) mass is 254 g/mol. The number of hydrogen-bond acceptors (Lipinski definition) is 4. The van der Waals surface area contributed by atoms with Gasteiger partial charge in [0.15, 0.2) is 5.82 Å². The van der Waals surface area contributed by atoms with Crippen molar-refractivity contribution in [3.8, 4) is 5.69 Å². The molecule has 2 heterocycles. The predicted molar refractivity (Wildman–Crippen MR) is 70.0 cm³/mol. The third-order valence-corrected chi connectivity index (χ3v) is 2.93. The molecule has 0 aliphatic rings. The molecule has 0 aliphatic carbocycles. The summed E-state index contributed by atoms with van der Waals surface area (Å²) >= 11 is 0. The van der Waals surface area contributed by atoms with Crippen LogP contribution < -0.4 is 0 Å². The van der Waals surface area contributed by atoms with Gasteiger partial charge in [0.2, 0.25) is 0 Å². The molecule has 96 valence electrons. The van der Waals surface area contributed by atoms with E-state index in [9.17, 15) is 0 Å². The fourth-order valence-electron chi connectivity index (χ4n) is 2.04. The van der Waals surface area contributed by atoms with E-state index in [4.69, 9.17) is 0 Å². The van der Waals surface area contributed by atoms with Gasteiger partial charge in [0.05, 0.1) is 11.4 Å². The Hall–Kier alpha value is -2.50. The van der Waals surface area contributed by atoms with Crippen LogP contribution in [0.3, 0.4) is 0 Å². The smallest absolute Gasteiger partial charge is 0.178 e. The second-order valence-corrected chi connectivity index (χ2v) is 4.43. The van der Waals surface area contributed by atoms with Gasteiger partial charge in [-0.05, 0) is 42.5 Å². The molecule has 0 aliphatic heterocycles. The van der Waals surface area contributed by atoms with Crippen LogP contribution in [0.2, 0.25) is 0 Å². The second kappa shape index (κ2) is 4.64. The van der Waals surface area contributed by atoms with Crippen LogP contribution in [0.25, 0.3) is 5.69 Å². The highest BCUT2D eigenvalue weighted by Crippen LogP contribution is 2.09. The van der Waals surface area contributed by atoms with E-state index >= 15 is 0 Å². The van der Waals surface area contributed by atoms with Crippen molar-refractivity contribution in [3.05, 3.63) is 53.6 Å². The molecule has 3 aromatic rings. The Bertz CT molecular complexity index is 682. The summed E-state index contributed by atoms with van der Waals surface area (Å²) in [4.78, 5) is 0. The Morgan fingerprint density at radius 1 is 1.11 bits per heavy atom. The molecule has 1 aromatic carbocycles. The fourth-order valence-corrected chi connectivity index (χ4v) is 2.04. The summed E-state index contributed by atoms with van der Waals surface area (Å²) in [5.41, 5.74) is 3.04. The second-order valence-electron chi connectivity index (χ2n) is 4.43. The predicted octanol–water partition coefficient (Wildman–Crippen LogP) is 1.52. The zero-order valence-corrected chi connectivity index (χ0v) is 10.9. The standard InChI is InChI=1S/C13H14N6/c1-10-8-11(2)18(15-10)9-13-14-16-17-19(13)12-6-4-3-5-7-12/h3-8H,9H2,1-2H3. The molecule has 3 rings (SSSR count). The Morgan fingerprint density at radius 2 is 1.89 bits per heavy atom. The molecule has 0 saturated carbocycles. The Kier molecular flexibility index (Phi) is 2.83. The van der Waals surface area contributed by atoms with Crippen molar-refractivity contribution in [2.75, 3.05) is 0 Å². The van der Waals surface area contributed by atoms with Gasteiger partial charge < -0.3 is 0 Å². The number of tetrazole rings is 1. The van der Waals surface area contributed by atoms with Crippen LogP contribution in [0.1, 0.15) is 17.2 Å². The van der Waals surface area contributed by atoms with Gasteiger partial charge in [0.25, 0.3) is 0 Å². The topological polar surface area (TPSA) is 61.4 Å². The molecule has 19 heavy (non-hydrogen) atoms. The van der Waals surface area contributed by atoms with Crippen molar-refractivity contribution in [1.29, 1.82) is 0 Å². The molecule has 0 N–H and O–H groups in total. The van der Waals surface area contributed by atoms with E-state index in [2.05, 4.69) is 20.6 Å². The first-order valence-corrected chi connectivity index (χ1v) is 6.08. The van der Waals surface area contributed by atoms with Gasteiger partial charge in [-0.2, -0.15) is 9.78 Å². The lowest BCUT2D eigenvalue weighted by molar-refractivity contribution is 0.615. The summed E-state index contributed by atoms with van der Waals surface area (Å²) in [7, 11) is 0. The van der Waals surface area contributed by atoms with Gasteiger partial charge in [0, 0.05) is 5.69 Å². The fraction of sp³-hybridized carbons (Fsp3) is 0.231. The Labute approximate surface area is 110 Å². The molecule has 0 fully saturated rings. The van der Waals surface area contributed by atoms with E-state index < -0.39 is 0 Å². The van der Waals surface area contributed by atoms with Crippen LogP contribution in [0, 0.1) is 13.8 Å². The molecule has 6 heteroatoms. The minimum atomic E-state index is 0.557. The summed E-state index contributed by atoms with van der Waals surface area (Å²) in [5.74, 6) is 0.761. The highest BCUT2D eigenvalue weighted by Gasteiger charge is 2.10. The van der Waals surface area contributed by atoms with Gasteiger partial charge in [0.1, 0.15) is 6.54 Å². The number of benzene rings is 1. The molecular weight excluding hydrogens is 240 g/mol. The first kappa shape index (κ1) is 11.6. The van der Waals surface area contributed by atoms with Gasteiger partial charge in [-0.25, -0.2) is 0 Å². The Balaban J connectivity index is 1.95. The van der Waals surface area contributed by atoms with Crippen LogP contribution in [-0.2, 0) is 6.54 Å². The number of rotatable bonds is 3. The van der Waals surface area contributed by atoms with Crippen molar-refractivity contribution >= 4 is 0 Å².